The molecule has 8 rings (SSSR count). The van der Waals surface area contributed by atoms with E-state index in [4.69, 9.17) is 0 Å². The predicted octanol–water partition coefficient (Wildman–Crippen LogP) is 10.7. The zero-order chi connectivity index (χ0) is 30.7. The molecule has 0 unspecified atom stereocenters. The Bertz CT molecular complexity index is 2000. The molecule has 0 aliphatic heterocycles. The van der Waals surface area contributed by atoms with Crippen LogP contribution < -0.4 is 0 Å². The first-order valence-electron chi connectivity index (χ1n) is 15.0. The minimum Gasteiger partial charge on any atom is -0.296 e. The molecule has 0 atom stereocenters. The molecule has 0 saturated heterocycles. The monoisotopic (exact) mass is 680 g/mol. The maximum atomic E-state index is 4.65. The van der Waals surface area contributed by atoms with Gasteiger partial charge in [-0.25, -0.2) is 9.97 Å². The van der Waals surface area contributed by atoms with Crippen LogP contribution in [0.25, 0.3) is 55.6 Å². The molecule has 223 valence electrons. The Kier molecular flexibility index (Phi) is 11.3. The maximum Gasteiger partial charge on any atom is 1.00 e. The molecule has 0 spiro atoms. The second kappa shape index (κ2) is 16.1. The first kappa shape index (κ1) is 32.1. The van der Waals surface area contributed by atoms with Gasteiger partial charge in [-0.05, 0) is 43.1 Å². The number of nitrogens with zero attached hydrogens (tertiary/aromatic N) is 3. The number of pyridine rings is 3. The van der Waals surface area contributed by atoms with Crippen LogP contribution in [0.2, 0.25) is 0 Å². The van der Waals surface area contributed by atoms with Crippen molar-refractivity contribution in [1.29, 1.82) is 0 Å². The van der Waals surface area contributed by atoms with Gasteiger partial charge in [-0.3, -0.25) is 4.98 Å². The van der Waals surface area contributed by atoms with E-state index in [1.54, 1.807) is 6.20 Å². The molecule has 0 amide bonds. The fourth-order valence-corrected chi connectivity index (χ4v) is 4.95. The van der Waals surface area contributed by atoms with E-state index in [9.17, 15) is 0 Å². The van der Waals surface area contributed by atoms with Gasteiger partial charge in [-0.15, -0.1) is 18.2 Å². The van der Waals surface area contributed by atoms with Gasteiger partial charge in [0.05, 0.1) is 22.4 Å². The normalized spacial score (nSPS) is 10.1. The molecule has 0 aliphatic rings. The molecular formula is C42H32N3Ru. The molecule has 5 aromatic carbocycles. The average molecular weight is 680 g/mol. The topological polar surface area (TPSA) is 38.7 Å². The fraction of sp³-hybridized carbons (Fsp3) is 0.0238. The number of aryl methyl sites for hydroxylation is 1. The van der Waals surface area contributed by atoms with E-state index in [2.05, 4.69) is 101 Å². The quantitative estimate of drug-likeness (QED) is 0.138. The minimum absolute atomic E-state index is 0. The van der Waals surface area contributed by atoms with Crippen molar-refractivity contribution in [3.63, 3.8) is 0 Å². The van der Waals surface area contributed by atoms with Gasteiger partial charge in [0.25, 0.3) is 0 Å². The van der Waals surface area contributed by atoms with Gasteiger partial charge in [0.1, 0.15) is 0 Å². The Morgan fingerprint density at radius 1 is 0.457 bits per heavy atom. The molecule has 3 heterocycles. The van der Waals surface area contributed by atoms with Crippen LogP contribution in [-0.2, 0) is 19.5 Å². The molecule has 0 aliphatic carbocycles. The number of fused-ring (bicyclic) bond motifs is 2. The van der Waals surface area contributed by atoms with E-state index in [1.165, 1.54) is 16.3 Å². The molecule has 46 heavy (non-hydrogen) atoms. The summed E-state index contributed by atoms with van der Waals surface area (Å²) in [5, 5.41) is 2.37. The van der Waals surface area contributed by atoms with Crippen molar-refractivity contribution in [1.82, 2.24) is 15.0 Å². The molecule has 8 aromatic rings. The molecule has 4 heteroatoms. The fourth-order valence-electron chi connectivity index (χ4n) is 4.95. The van der Waals surface area contributed by atoms with E-state index in [0.717, 1.165) is 44.8 Å². The summed E-state index contributed by atoms with van der Waals surface area (Å²) >= 11 is 0. The summed E-state index contributed by atoms with van der Waals surface area (Å²) in [7, 11) is 0. The van der Waals surface area contributed by atoms with Gasteiger partial charge >= 0.3 is 19.5 Å². The summed E-state index contributed by atoms with van der Waals surface area (Å²) in [6.07, 6.45) is 1.79. The number of hydrogen-bond donors (Lipinski definition) is 0. The van der Waals surface area contributed by atoms with Crippen LogP contribution in [0, 0.1) is 13.0 Å². The van der Waals surface area contributed by atoms with Crippen molar-refractivity contribution in [3.05, 3.63) is 188 Å². The van der Waals surface area contributed by atoms with Crippen molar-refractivity contribution in [3.8, 4) is 33.8 Å². The number of rotatable bonds is 3. The smallest absolute Gasteiger partial charge is 0.296 e. The van der Waals surface area contributed by atoms with Gasteiger partial charge in [-0.2, -0.15) is 12.1 Å². The standard InChI is InChI=1S/2C15H11N.C12H10N.Ru/c2*1-2-6-12(7-3-1)15-11-10-13-8-4-5-9-14(13)16-15;1-10-5-4-6-11(9-10)12-7-2-3-8-13-12;/h2*1-11H;2-6,8-9H,1H3;/q;;-1;+1. The van der Waals surface area contributed by atoms with E-state index < -0.39 is 0 Å². The van der Waals surface area contributed by atoms with Gasteiger partial charge in [0, 0.05) is 21.9 Å². The zero-order valence-corrected chi connectivity index (χ0v) is 27.2. The predicted molar refractivity (Wildman–Crippen MR) is 188 cm³/mol. The van der Waals surface area contributed by atoms with E-state index in [0.29, 0.717) is 0 Å². The summed E-state index contributed by atoms with van der Waals surface area (Å²) in [5.41, 5.74) is 9.75. The van der Waals surface area contributed by atoms with E-state index in [-0.39, 0.29) is 19.5 Å². The number of para-hydroxylation sites is 2. The van der Waals surface area contributed by atoms with Gasteiger partial charge in [-0.1, -0.05) is 132 Å². The third kappa shape index (κ3) is 8.44. The second-order valence-corrected chi connectivity index (χ2v) is 10.5. The Balaban J connectivity index is 0.000000135. The van der Waals surface area contributed by atoms with Crippen molar-refractivity contribution in [2.24, 2.45) is 0 Å². The molecule has 0 fully saturated rings. The molecule has 0 bridgehead atoms. The summed E-state index contributed by atoms with van der Waals surface area (Å²) < 4.78 is 0. The number of benzene rings is 5. The zero-order valence-electron chi connectivity index (χ0n) is 25.4. The maximum absolute atomic E-state index is 4.65. The van der Waals surface area contributed by atoms with Gasteiger partial charge in [0.15, 0.2) is 0 Å². The minimum atomic E-state index is 0. The summed E-state index contributed by atoms with van der Waals surface area (Å²) in [4.78, 5) is 13.5. The molecular weight excluding hydrogens is 648 g/mol. The Morgan fingerprint density at radius 2 is 0.957 bits per heavy atom. The van der Waals surface area contributed by atoms with Gasteiger partial charge in [0.2, 0.25) is 0 Å². The molecule has 0 saturated carbocycles. The first-order chi connectivity index (χ1) is 22.2. The van der Waals surface area contributed by atoms with Crippen LogP contribution in [0.5, 0.6) is 0 Å². The van der Waals surface area contributed by atoms with Crippen LogP contribution >= 0.6 is 0 Å². The summed E-state index contributed by atoms with van der Waals surface area (Å²) in [6, 6.07) is 60.3. The third-order valence-corrected chi connectivity index (χ3v) is 7.23. The molecule has 3 nitrogen and oxygen atoms in total. The van der Waals surface area contributed by atoms with Crippen LogP contribution in [0.3, 0.4) is 0 Å². The van der Waals surface area contributed by atoms with Crippen molar-refractivity contribution >= 4 is 21.8 Å². The molecule has 1 radical (unpaired) electrons. The molecule has 0 N–H and O–H groups in total. The van der Waals surface area contributed by atoms with E-state index >= 15 is 0 Å². The Labute approximate surface area is 283 Å². The van der Waals surface area contributed by atoms with Crippen molar-refractivity contribution in [2.75, 3.05) is 0 Å². The Morgan fingerprint density at radius 3 is 1.46 bits per heavy atom. The second-order valence-electron chi connectivity index (χ2n) is 10.5. The Hall–Kier alpha value is -5.31. The van der Waals surface area contributed by atoms with Crippen molar-refractivity contribution in [2.45, 2.75) is 6.92 Å². The number of hydrogen-bond acceptors (Lipinski definition) is 3. The van der Waals surface area contributed by atoms with E-state index in [1.807, 2.05) is 97.1 Å². The van der Waals surface area contributed by atoms with Crippen molar-refractivity contribution < 1.29 is 19.5 Å². The largest absolute Gasteiger partial charge is 1.00 e. The molecule has 3 aromatic heterocycles. The average Bonchev–Trinajstić information content (AvgIpc) is 3.13. The summed E-state index contributed by atoms with van der Waals surface area (Å²) in [6.45, 7) is 2.08. The number of aromatic nitrogens is 3. The van der Waals surface area contributed by atoms with Crippen LogP contribution in [0.1, 0.15) is 5.56 Å². The van der Waals surface area contributed by atoms with Crippen LogP contribution in [-0.4, -0.2) is 15.0 Å². The van der Waals surface area contributed by atoms with Gasteiger partial charge < -0.3 is 0 Å². The summed E-state index contributed by atoms with van der Waals surface area (Å²) in [5.74, 6) is 0. The first-order valence-corrected chi connectivity index (χ1v) is 15.0. The SMILES string of the molecule is Cc1cccc(-c2[c-]cccn2)c1.[Ru+].c1ccc(-c2ccc3ccccc3n2)cc1.c1ccc(-c2ccc3ccccc3n2)cc1. The third-order valence-electron chi connectivity index (χ3n) is 7.23. The van der Waals surface area contributed by atoms with Crippen LogP contribution in [0.15, 0.2) is 176 Å². The van der Waals surface area contributed by atoms with Crippen LogP contribution in [0.4, 0.5) is 0 Å².